The van der Waals surface area contributed by atoms with Crippen molar-refractivity contribution in [2.45, 2.75) is 13.0 Å². The van der Waals surface area contributed by atoms with Gasteiger partial charge in [-0.25, -0.2) is 9.79 Å². The maximum Gasteiger partial charge on any atom is 0.338 e. The van der Waals surface area contributed by atoms with Gasteiger partial charge in [-0.15, -0.1) is 11.3 Å². The Morgan fingerprint density at radius 1 is 1.24 bits per heavy atom. The van der Waals surface area contributed by atoms with Gasteiger partial charge in [0.15, 0.2) is 4.80 Å². The first-order valence-electron chi connectivity index (χ1n) is 10.6. The molecule has 7 nitrogen and oxygen atoms in total. The molecule has 9 heteroatoms. The van der Waals surface area contributed by atoms with E-state index in [-0.39, 0.29) is 12.2 Å². The number of carbonyl (C=O) groups excluding carboxylic acids is 1. The molecular formula is C25H24N2O5S2. The fraction of sp³-hybridized carbons (Fsp3) is 0.240. The zero-order chi connectivity index (χ0) is 24.1. The molecule has 0 radical (unpaired) electrons. The number of esters is 1. The Bertz CT molecular complexity index is 1380. The maximum absolute atomic E-state index is 13.5. The van der Waals surface area contributed by atoms with Crippen molar-refractivity contribution in [1.29, 1.82) is 0 Å². The topological polar surface area (TPSA) is 79.1 Å². The average Bonchev–Trinajstić information content (AvgIpc) is 3.46. The van der Waals surface area contributed by atoms with Gasteiger partial charge in [-0.1, -0.05) is 42.2 Å². The number of benzene rings is 1. The van der Waals surface area contributed by atoms with Crippen molar-refractivity contribution in [3.05, 3.63) is 95.8 Å². The summed E-state index contributed by atoms with van der Waals surface area (Å²) in [6.45, 7) is 6.26. The Kier molecular flexibility index (Phi) is 7.56. The van der Waals surface area contributed by atoms with Crippen molar-refractivity contribution in [1.82, 2.24) is 4.57 Å². The zero-order valence-electron chi connectivity index (χ0n) is 18.9. The molecule has 2 aromatic heterocycles. The van der Waals surface area contributed by atoms with Crippen molar-refractivity contribution in [2.75, 3.05) is 26.9 Å². The largest absolute Gasteiger partial charge is 0.490 e. The van der Waals surface area contributed by atoms with E-state index >= 15 is 0 Å². The summed E-state index contributed by atoms with van der Waals surface area (Å²) in [6.07, 6.45) is 3.50. The highest BCUT2D eigenvalue weighted by Crippen LogP contribution is 2.33. The number of carbonyl (C=O) groups is 1. The summed E-state index contributed by atoms with van der Waals surface area (Å²) < 4.78 is 18.0. The lowest BCUT2D eigenvalue weighted by Gasteiger charge is -2.23. The molecular weight excluding hydrogens is 472 g/mol. The van der Waals surface area contributed by atoms with E-state index in [0.29, 0.717) is 33.8 Å². The standard InChI is InChI=1S/C25H24N2O5S2/c1-4-11-31-18-9-7-17(8-10-18)15-20-23(28)27-22(19-6-5-14-33-19)21(16(2)26-25(27)34-20)24(29)32-13-12-30-3/h4-10,14-15,22H,1,11-13H2,2-3H3. The van der Waals surface area contributed by atoms with E-state index < -0.39 is 12.0 Å². The van der Waals surface area contributed by atoms with E-state index in [2.05, 4.69) is 11.6 Å². The molecule has 176 valence electrons. The number of hydrogen-bond donors (Lipinski definition) is 0. The number of thiazole rings is 1. The van der Waals surface area contributed by atoms with Crippen molar-refractivity contribution in [3.8, 4) is 5.75 Å². The number of hydrogen-bond acceptors (Lipinski definition) is 8. The second-order valence-electron chi connectivity index (χ2n) is 7.39. The second kappa shape index (κ2) is 10.8. The predicted molar refractivity (Wildman–Crippen MR) is 133 cm³/mol. The lowest BCUT2D eigenvalue weighted by atomic mass is 10.0. The molecule has 0 N–H and O–H groups in total. The lowest BCUT2D eigenvalue weighted by molar-refractivity contribution is -0.140. The van der Waals surface area contributed by atoms with E-state index in [1.807, 2.05) is 47.9 Å². The molecule has 0 bridgehead atoms. The molecule has 1 aliphatic rings. The molecule has 3 aromatic rings. The predicted octanol–water partition coefficient (Wildman–Crippen LogP) is 3.05. The molecule has 0 amide bonds. The number of aromatic nitrogens is 1. The number of methoxy groups -OCH3 is 1. The van der Waals surface area contributed by atoms with Crippen LogP contribution in [0.15, 0.2) is 75.5 Å². The lowest BCUT2D eigenvalue weighted by Crippen LogP contribution is -2.39. The molecule has 0 saturated heterocycles. The minimum absolute atomic E-state index is 0.125. The summed E-state index contributed by atoms with van der Waals surface area (Å²) in [4.78, 5) is 32.5. The molecule has 0 fully saturated rings. The van der Waals surface area contributed by atoms with Crippen LogP contribution in [-0.4, -0.2) is 37.5 Å². The molecule has 0 aliphatic carbocycles. The normalized spacial score (nSPS) is 15.6. The quantitative estimate of drug-likeness (QED) is 0.259. The monoisotopic (exact) mass is 496 g/mol. The van der Waals surface area contributed by atoms with Gasteiger partial charge in [-0.3, -0.25) is 9.36 Å². The van der Waals surface area contributed by atoms with Gasteiger partial charge in [-0.2, -0.15) is 0 Å². The molecule has 3 heterocycles. The van der Waals surface area contributed by atoms with Gasteiger partial charge >= 0.3 is 5.97 Å². The second-order valence-corrected chi connectivity index (χ2v) is 9.38. The van der Waals surface area contributed by atoms with Gasteiger partial charge in [0.1, 0.15) is 25.0 Å². The molecule has 1 unspecified atom stereocenters. The third kappa shape index (κ3) is 4.96. The summed E-state index contributed by atoms with van der Waals surface area (Å²) in [6, 6.07) is 10.7. The van der Waals surface area contributed by atoms with E-state index in [0.717, 1.165) is 16.2 Å². The Hall–Kier alpha value is -3.27. The third-order valence-corrected chi connectivity index (χ3v) is 7.03. The van der Waals surface area contributed by atoms with Crippen LogP contribution in [0.5, 0.6) is 5.75 Å². The van der Waals surface area contributed by atoms with E-state index in [1.54, 1.807) is 24.7 Å². The van der Waals surface area contributed by atoms with E-state index in [1.165, 1.54) is 22.7 Å². The van der Waals surface area contributed by atoms with Crippen LogP contribution >= 0.6 is 22.7 Å². The van der Waals surface area contributed by atoms with Crippen LogP contribution in [0.1, 0.15) is 23.4 Å². The third-order valence-electron chi connectivity index (χ3n) is 5.12. The Morgan fingerprint density at radius 3 is 2.71 bits per heavy atom. The highest BCUT2D eigenvalue weighted by Gasteiger charge is 2.34. The Balaban J connectivity index is 1.76. The van der Waals surface area contributed by atoms with Crippen LogP contribution < -0.4 is 19.6 Å². The van der Waals surface area contributed by atoms with E-state index in [9.17, 15) is 9.59 Å². The molecule has 1 aromatic carbocycles. The van der Waals surface area contributed by atoms with Crippen LogP contribution in [-0.2, 0) is 14.3 Å². The highest BCUT2D eigenvalue weighted by molar-refractivity contribution is 7.10. The van der Waals surface area contributed by atoms with E-state index in [4.69, 9.17) is 14.2 Å². The smallest absolute Gasteiger partial charge is 0.338 e. The van der Waals surface area contributed by atoms with Crippen molar-refractivity contribution >= 4 is 34.7 Å². The molecule has 1 aliphatic heterocycles. The van der Waals surface area contributed by atoms with Gasteiger partial charge < -0.3 is 14.2 Å². The maximum atomic E-state index is 13.5. The Morgan fingerprint density at radius 2 is 2.03 bits per heavy atom. The van der Waals surface area contributed by atoms with Crippen molar-refractivity contribution in [2.24, 2.45) is 4.99 Å². The van der Waals surface area contributed by atoms with Crippen LogP contribution in [0.3, 0.4) is 0 Å². The number of allylic oxidation sites excluding steroid dienone is 1. The fourth-order valence-corrected chi connectivity index (χ4v) is 5.43. The summed E-state index contributed by atoms with van der Waals surface area (Å²) >= 11 is 2.78. The first-order valence-corrected chi connectivity index (χ1v) is 12.3. The summed E-state index contributed by atoms with van der Waals surface area (Å²) in [5, 5.41) is 1.92. The van der Waals surface area contributed by atoms with Gasteiger partial charge in [0.2, 0.25) is 0 Å². The van der Waals surface area contributed by atoms with Crippen molar-refractivity contribution in [3.63, 3.8) is 0 Å². The average molecular weight is 497 g/mol. The molecule has 4 rings (SSSR count). The fourth-order valence-electron chi connectivity index (χ4n) is 3.56. The number of rotatable bonds is 9. The number of fused-ring (bicyclic) bond motifs is 1. The van der Waals surface area contributed by atoms with Crippen molar-refractivity contribution < 1.29 is 19.0 Å². The van der Waals surface area contributed by atoms with Crippen LogP contribution in [0.25, 0.3) is 6.08 Å². The summed E-state index contributed by atoms with van der Waals surface area (Å²) in [5.41, 5.74) is 1.56. The number of thiophene rings is 1. The molecule has 1 atom stereocenters. The molecule has 34 heavy (non-hydrogen) atoms. The summed E-state index contributed by atoms with van der Waals surface area (Å²) in [5.74, 6) is 0.226. The highest BCUT2D eigenvalue weighted by atomic mass is 32.1. The SMILES string of the molecule is C=CCOc1ccc(C=c2sc3n(c2=O)C(c2cccs2)C(C(=O)OCCOC)=C(C)N=3)cc1. The number of ether oxygens (including phenoxy) is 3. The Labute approximate surface area is 204 Å². The van der Waals surface area contributed by atoms with Gasteiger partial charge in [0.25, 0.3) is 5.56 Å². The first kappa shape index (κ1) is 23.9. The summed E-state index contributed by atoms with van der Waals surface area (Å²) in [7, 11) is 1.54. The van der Waals surface area contributed by atoms with Crippen LogP contribution in [0.4, 0.5) is 0 Å². The van der Waals surface area contributed by atoms with Gasteiger partial charge in [0, 0.05) is 12.0 Å². The zero-order valence-corrected chi connectivity index (χ0v) is 20.5. The van der Waals surface area contributed by atoms with Crippen LogP contribution in [0.2, 0.25) is 0 Å². The van der Waals surface area contributed by atoms with Gasteiger partial charge in [0.05, 0.1) is 22.4 Å². The first-order chi connectivity index (χ1) is 16.5. The van der Waals surface area contributed by atoms with Crippen LogP contribution in [0, 0.1) is 0 Å². The minimum Gasteiger partial charge on any atom is -0.490 e. The number of nitrogens with zero attached hydrogens (tertiary/aromatic N) is 2. The van der Waals surface area contributed by atoms with Gasteiger partial charge in [-0.05, 0) is 42.1 Å². The minimum atomic E-state index is -0.594. The molecule has 0 spiro atoms. The molecule has 0 saturated carbocycles.